The molecule has 7 nitrogen and oxygen atoms in total. The van der Waals surface area contributed by atoms with E-state index in [2.05, 4.69) is 9.98 Å². The molecule has 4 rings (SSSR count). The van der Waals surface area contributed by atoms with E-state index in [4.69, 9.17) is 15.2 Å². The quantitative estimate of drug-likeness (QED) is 0.799. The lowest BCUT2D eigenvalue weighted by atomic mass is 9.72. The van der Waals surface area contributed by atoms with Gasteiger partial charge in [0.15, 0.2) is 23.3 Å². The van der Waals surface area contributed by atoms with Gasteiger partial charge in [-0.1, -0.05) is 6.92 Å². The van der Waals surface area contributed by atoms with Crippen LogP contribution in [0.25, 0.3) is 0 Å². The van der Waals surface area contributed by atoms with Crippen LogP contribution in [0, 0.1) is 23.4 Å². The van der Waals surface area contributed by atoms with E-state index in [1.165, 1.54) is 24.2 Å². The van der Waals surface area contributed by atoms with Crippen LogP contribution in [-0.4, -0.2) is 41.5 Å². The van der Waals surface area contributed by atoms with Crippen molar-refractivity contribution < 1.29 is 27.4 Å². The van der Waals surface area contributed by atoms with Gasteiger partial charge in [-0.25, -0.2) is 23.1 Å². The van der Waals surface area contributed by atoms with Gasteiger partial charge < -0.3 is 15.2 Å². The molecule has 2 aromatic rings. The maximum atomic E-state index is 15.1. The number of hydrogen-bond acceptors (Lipinski definition) is 6. The molecule has 31 heavy (non-hydrogen) atoms. The number of ether oxygens (including phenoxy) is 2. The van der Waals surface area contributed by atoms with Crippen LogP contribution in [0.2, 0.25) is 0 Å². The molecular formula is C21H21F3N4O3. The van der Waals surface area contributed by atoms with Gasteiger partial charge in [-0.3, -0.25) is 9.69 Å². The molecule has 1 aromatic heterocycles. The lowest BCUT2D eigenvalue weighted by molar-refractivity contribution is -0.145. The standard InChI is InChI=1S/C21H21F3N4O3/c1-3-11-7-13-19(29)28(2)20(25)27-21(13,10-30-11)12-8-17(16(24)9-15(12)23)31-18-14(22)5-4-6-26-18/h4-6,8-9,11,13H,3,7,10H2,1-2H3,(H2,25,27)/t11-,13-,21+/m0/s1. The molecule has 3 heterocycles. The Morgan fingerprint density at radius 2 is 2.06 bits per heavy atom. The fourth-order valence-corrected chi connectivity index (χ4v) is 4.01. The van der Waals surface area contributed by atoms with E-state index in [9.17, 15) is 13.6 Å². The molecule has 0 radical (unpaired) electrons. The summed E-state index contributed by atoms with van der Waals surface area (Å²) in [7, 11) is 1.49. The van der Waals surface area contributed by atoms with E-state index in [-0.39, 0.29) is 30.1 Å². The predicted molar refractivity (Wildman–Crippen MR) is 105 cm³/mol. The van der Waals surface area contributed by atoms with Gasteiger partial charge in [0.2, 0.25) is 5.91 Å². The second-order valence-corrected chi connectivity index (χ2v) is 7.58. The number of nitrogens with zero attached hydrogens (tertiary/aromatic N) is 3. The molecule has 1 aromatic carbocycles. The minimum atomic E-state index is -1.50. The molecule has 10 heteroatoms. The second kappa shape index (κ2) is 7.84. The van der Waals surface area contributed by atoms with Gasteiger partial charge in [-0.15, -0.1) is 0 Å². The van der Waals surface area contributed by atoms with Crippen LogP contribution in [0.3, 0.4) is 0 Å². The molecule has 0 spiro atoms. The maximum Gasteiger partial charge on any atom is 0.255 e. The molecule has 0 saturated carbocycles. The molecule has 0 unspecified atom stereocenters. The van der Waals surface area contributed by atoms with Crippen LogP contribution in [0.1, 0.15) is 25.3 Å². The van der Waals surface area contributed by atoms with Crippen LogP contribution < -0.4 is 10.5 Å². The van der Waals surface area contributed by atoms with Crippen molar-refractivity contribution in [2.75, 3.05) is 13.7 Å². The van der Waals surface area contributed by atoms with Gasteiger partial charge in [0.25, 0.3) is 5.88 Å². The van der Waals surface area contributed by atoms with Crippen molar-refractivity contribution in [2.24, 2.45) is 16.6 Å². The summed E-state index contributed by atoms with van der Waals surface area (Å²) in [6, 6.07) is 4.12. The molecule has 1 amide bonds. The number of halogens is 3. The Morgan fingerprint density at radius 3 is 2.77 bits per heavy atom. The number of fused-ring (bicyclic) bond motifs is 1. The number of carbonyl (C=O) groups excluding carboxylic acids is 1. The normalized spacial score (nSPS) is 25.8. The lowest BCUT2D eigenvalue weighted by Gasteiger charge is -2.47. The fraction of sp³-hybridized carbons (Fsp3) is 0.381. The average molecular weight is 434 g/mol. The van der Waals surface area contributed by atoms with Gasteiger partial charge in [-0.2, -0.15) is 0 Å². The summed E-state index contributed by atoms with van der Waals surface area (Å²) < 4.78 is 54.6. The third-order valence-electron chi connectivity index (χ3n) is 5.78. The van der Waals surface area contributed by atoms with Crippen molar-refractivity contribution in [2.45, 2.75) is 31.4 Å². The van der Waals surface area contributed by atoms with Crippen LogP contribution in [0.4, 0.5) is 13.2 Å². The highest BCUT2D eigenvalue weighted by Crippen LogP contribution is 2.47. The average Bonchev–Trinajstić information content (AvgIpc) is 2.75. The smallest absolute Gasteiger partial charge is 0.255 e. The van der Waals surface area contributed by atoms with Crippen molar-refractivity contribution in [3.63, 3.8) is 0 Å². The van der Waals surface area contributed by atoms with Crippen LogP contribution in [0.5, 0.6) is 11.6 Å². The molecule has 164 valence electrons. The number of pyridine rings is 1. The number of hydrogen-bond donors (Lipinski definition) is 1. The zero-order chi connectivity index (χ0) is 22.3. The summed E-state index contributed by atoms with van der Waals surface area (Å²) in [4.78, 5) is 22.4. The Bertz CT molecular complexity index is 1060. The van der Waals surface area contributed by atoms with E-state index >= 15 is 4.39 Å². The van der Waals surface area contributed by atoms with E-state index in [1.54, 1.807) is 0 Å². The summed E-state index contributed by atoms with van der Waals surface area (Å²) in [6.45, 7) is 1.79. The first-order valence-corrected chi connectivity index (χ1v) is 9.79. The highest BCUT2D eigenvalue weighted by atomic mass is 19.1. The summed E-state index contributed by atoms with van der Waals surface area (Å²) in [5.41, 5.74) is 4.32. The molecule has 0 bridgehead atoms. The van der Waals surface area contributed by atoms with E-state index in [0.717, 1.165) is 12.1 Å². The van der Waals surface area contributed by atoms with Crippen LogP contribution in [0.15, 0.2) is 35.5 Å². The van der Waals surface area contributed by atoms with Gasteiger partial charge in [0.1, 0.15) is 11.4 Å². The van der Waals surface area contributed by atoms with Crippen LogP contribution in [-0.2, 0) is 15.1 Å². The Morgan fingerprint density at radius 1 is 1.29 bits per heavy atom. The van der Waals surface area contributed by atoms with Crippen molar-refractivity contribution >= 4 is 11.9 Å². The largest absolute Gasteiger partial charge is 0.433 e. The van der Waals surface area contributed by atoms with Gasteiger partial charge in [0.05, 0.1) is 18.6 Å². The third-order valence-corrected chi connectivity index (χ3v) is 5.78. The zero-order valence-corrected chi connectivity index (χ0v) is 16.9. The molecule has 3 atom stereocenters. The number of aromatic nitrogens is 1. The third kappa shape index (κ3) is 3.50. The van der Waals surface area contributed by atoms with Gasteiger partial charge in [-0.05, 0) is 31.0 Å². The van der Waals surface area contributed by atoms with Gasteiger partial charge >= 0.3 is 0 Å². The number of amides is 1. The van der Waals surface area contributed by atoms with Crippen molar-refractivity contribution in [1.29, 1.82) is 0 Å². The molecule has 0 aliphatic carbocycles. The summed E-state index contributed by atoms with van der Waals surface area (Å²) in [5.74, 6) is -4.96. The SMILES string of the molecule is CC[C@H]1C[C@H]2C(=O)N(C)C(N)=N[C@@]2(c2cc(Oc3ncccc3F)c(F)cc2F)CO1. The number of rotatable bonds is 4. The summed E-state index contributed by atoms with van der Waals surface area (Å²) in [6.07, 6.45) is 2.00. The van der Waals surface area contributed by atoms with Crippen LogP contribution >= 0.6 is 0 Å². The Hall–Kier alpha value is -3.14. The molecule has 2 aliphatic rings. The number of carbonyl (C=O) groups is 1. The maximum absolute atomic E-state index is 15.1. The first-order valence-electron chi connectivity index (χ1n) is 9.79. The highest BCUT2D eigenvalue weighted by molar-refractivity contribution is 6.00. The summed E-state index contributed by atoms with van der Waals surface area (Å²) in [5, 5.41) is 0. The lowest BCUT2D eigenvalue weighted by Crippen LogP contribution is -2.59. The molecule has 2 aliphatic heterocycles. The minimum Gasteiger partial charge on any atom is -0.433 e. The zero-order valence-electron chi connectivity index (χ0n) is 16.9. The number of guanidine groups is 1. The molecule has 1 saturated heterocycles. The number of benzene rings is 1. The van der Waals surface area contributed by atoms with E-state index in [0.29, 0.717) is 18.9 Å². The molecular weight excluding hydrogens is 413 g/mol. The van der Waals surface area contributed by atoms with Crippen molar-refractivity contribution in [1.82, 2.24) is 9.88 Å². The molecule has 2 N–H and O–H groups in total. The van der Waals surface area contributed by atoms with Crippen molar-refractivity contribution in [3.05, 3.63) is 53.5 Å². The Labute approximate surface area is 176 Å². The minimum absolute atomic E-state index is 0.109. The fourth-order valence-electron chi connectivity index (χ4n) is 4.01. The van der Waals surface area contributed by atoms with Gasteiger partial charge in [0, 0.05) is 24.9 Å². The predicted octanol–water partition coefficient (Wildman–Crippen LogP) is 3.09. The first-order chi connectivity index (χ1) is 14.8. The summed E-state index contributed by atoms with van der Waals surface area (Å²) >= 11 is 0. The first kappa shape index (κ1) is 21.1. The Kier molecular flexibility index (Phi) is 5.34. The Balaban J connectivity index is 1.85. The van der Waals surface area contributed by atoms with E-state index in [1.807, 2.05) is 6.92 Å². The second-order valence-electron chi connectivity index (χ2n) is 7.58. The number of aliphatic imine (C=N–C) groups is 1. The topological polar surface area (TPSA) is 90.0 Å². The molecule has 1 fully saturated rings. The monoisotopic (exact) mass is 434 g/mol. The number of nitrogens with two attached hydrogens (primary N) is 1. The highest BCUT2D eigenvalue weighted by Gasteiger charge is 2.54. The van der Waals surface area contributed by atoms with E-state index < -0.39 is 40.5 Å². The van der Waals surface area contributed by atoms with Crippen molar-refractivity contribution in [3.8, 4) is 11.6 Å².